The van der Waals surface area contributed by atoms with Gasteiger partial charge in [0.05, 0.1) is 13.5 Å². The van der Waals surface area contributed by atoms with Crippen LogP contribution in [-0.4, -0.2) is 60.3 Å². The molecule has 0 amide bonds. The van der Waals surface area contributed by atoms with Gasteiger partial charge in [-0.1, -0.05) is 42.0 Å². The van der Waals surface area contributed by atoms with Crippen molar-refractivity contribution in [2.75, 3.05) is 39.3 Å². The van der Waals surface area contributed by atoms with Gasteiger partial charge in [-0.3, -0.25) is 4.79 Å². The van der Waals surface area contributed by atoms with Crippen molar-refractivity contribution in [3.05, 3.63) is 78.1 Å². The van der Waals surface area contributed by atoms with E-state index in [1.165, 1.54) is 0 Å². The maximum absolute atomic E-state index is 12.3. The van der Waals surface area contributed by atoms with Gasteiger partial charge in [-0.25, -0.2) is 15.0 Å². The second-order valence-corrected chi connectivity index (χ2v) is 8.46. The maximum Gasteiger partial charge on any atom is 0.310 e. The summed E-state index contributed by atoms with van der Waals surface area (Å²) < 4.78 is 23.0. The molecule has 10 nitrogen and oxygen atoms in total. The summed E-state index contributed by atoms with van der Waals surface area (Å²) in [5, 5.41) is 0. The molecule has 10 heteroatoms. The number of nitrogens with zero attached hydrogens (tertiary/aromatic N) is 5. The highest BCUT2D eigenvalue weighted by atomic mass is 16.6. The Labute approximate surface area is 221 Å². The first-order valence-corrected chi connectivity index (χ1v) is 12.0. The van der Waals surface area contributed by atoms with Gasteiger partial charge in [-0.05, 0) is 30.7 Å². The van der Waals surface area contributed by atoms with Crippen molar-refractivity contribution >= 4 is 11.8 Å². The molecule has 4 rings (SSSR count). The van der Waals surface area contributed by atoms with E-state index < -0.39 is 0 Å². The monoisotopic (exact) mass is 515 g/mol. The number of aromatic nitrogens is 4. The van der Waals surface area contributed by atoms with E-state index in [2.05, 4.69) is 19.9 Å². The second kappa shape index (κ2) is 12.5. The molecule has 0 aliphatic carbocycles. The van der Waals surface area contributed by atoms with E-state index in [0.717, 1.165) is 11.1 Å². The number of hydrogen-bond acceptors (Lipinski definition) is 10. The summed E-state index contributed by atoms with van der Waals surface area (Å²) in [7, 11) is 5.21. The molecule has 0 N–H and O–H groups in total. The SMILES string of the molecule is COc1ccccc1Oc1c(OCCOC(=O)Cc2cccc(C)c2)nc(-c2ncccn2)nc1N(C)C. The largest absolute Gasteiger partial charge is 0.493 e. The minimum atomic E-state index is -0.347. The fourth-order valence-electron chi connectivity index (χ4n) is 3.57. The molecule has 4 aromatic rings. The first kappa shape index (κ1) is 26.3. The highest BCUT2D eigenvalue weighted by molar-refractivity contribution is 5.72. The van der Waals surface area contributed by atoms with Crippen LogP contribution in [0.3, 0.4) is 0 Å². The molecule has 0 aliphatic rings. The normalized spacial score (nSPS) is 10.5. The number of rotatable bonds is 11. The standard InChI is InChI=1S/C28H29N5O5/c1-19-9-7-10-20(17-19)18-23(34)36-15-16-37-28-24(38-22-12-6-5-11-21(22)35-4)27(33(2)3)31-26(32-28)25-29-13-8-14-30-25/h5-14,17H,15-16,18H2,1-4H3. The fraction of sp³-hybridized carbons (Fsp3) is 0.250. The van der Waals surface area contributed by atoms with Gasteiger partial charge in [0, 0.05) is 26.5 Å². The molecule has 0 unspecified atom stereocenters. The zero-order valence-electron chi connectivity index (χ0n) is 21.7. The Morgan fingerprint density at radius 2 is 1.66 bits per heavy atom. The Bertz CT molecular complexity index is 1380. The molecule has 0 atom stereocenters. The number of para-hydroxylation sites is 2. The van der Waals surface area contributed by atoms with Crippen molar-refractivity contribution in [3.63, 3.8) is 0 Å². The summed E-state index contributed by atoms with van der Waals surface area (Å²) in [5.74, 6) is 2.09. The van der Waals surface area contributed by atoms with E-state index in [1.54, 1.807) is 42.6 Å². The number of anilines is 1. The van der Waals surface area contributed by atoms with Crippen LogP contribution in [0.4, 0.5) is 5.82 Å². The molecule has 0 saturated carbocycles. The fourth-order valence-corrected chi connectivity index (χ4v) is 3.57. The van der Waals surface area contributed by atoms with E-state index >= 15 is 0 Å². The molecule has 0 aliphatic heterocycles. The van der Waals surface area contributed by atoms with Gasteiger partial charge in [0.2, 0.25) is 11.6 Å². The highest BCUT2D eigenvalue weighted by Gasteiger charge is 2.23. The number of methoxy groups -OCH3 is 1. The lowest BCUT2D eigenvalue weighted by Crippen LogP contribution is -2.17. The summed E-state index contributed by atoms with van der Waals surface area (Å²) >= 11 is 0. The zero-order chi connectivity index (χ0) is 26.9. The second-order valence-electron chi connectivity index (χ2n) is 8.46. The van der Waals surface area contributed by atoms with E-state index in [0.29, 0.717) is 23.1 Å². The van der Waals surface area contributed by atoms with E-state index in [4.69, 9.17) is 18.9 Å². The van der Waals surface area contributed by atoms with Gasteiger partial charge < -0.3 is 23.8 Å². The van der Waals surface area contributed by atoms with Crippen molar-refractivity contribution in [3.8, 4) is 34.8 Å². The topological polar surface area (TPSA) is 109 Å². The lowest BCUT2D eigenvalue weighted by atomic mass is 10.1. The van der Waals surface area contributed by atoms with Crippen LogP contribution in [-0.2, 0) is 16.0 Å². The molecule has 0 radical (unpaired) electrons. The number of aryl methyl sites for hydroxylation is 1. The molecule has 0 saturated heterocycles. The van der Waals surface area contributed by atoms with Crippen molar-refractivity contribution in [2.24, 2.45) is 0 Å². The quantitative estimate of drug-likeness (QED) is 0.212. The molecule has 0 fully saturated rings. The third-order valence-corrected chi connectivity index (χ3v) is 5.30. The van der Waals surface area contributed by atoms with Crippen LogP contribution >= 0.6 is 0 Å². The molecule has 0 bridgehead atoms. The summed E-state index contributed by atoms with van der Waals surface area (Å²) in [4.78, 5) is 31.8. The minimum absolute atomic E-state index is 0.0250. The lowest BCUT2D eigenvalue weighted by molar-refractivity contribution is -0.143. The van der Waals surface area contributed by atoms with Gasteiger partial charge in [0.15, 0.2) is 23.1 Å². The Kier molecular flexibility index (Phi) is 8.65. The predicted octanol–water partition coefficient (Wildman–Crippen LogP) is 4.27. The Balaban J connectivity index is 1.57. The molecular weight excluding hydrogens is 486 g/mol. The van der Waals surface area contributed by atoms with Crippen molar-refractivity contribution in [1.82, 2.24) is 19.9 Å². The summed E-state index contributed by atoms with van der Waals surface area (Å²) in [5.41, 5.74) is 1.97. The van der Waals surface area contributed by atoms with Crippen LogP contribution in [0.1, 0.15) is 11.1 Å². The summed E-state index contributed by atoms with van der Waals surface area (Å²) in [6, 6.07) is 16.7. The smallest absolute Gasteiger partial charge is 0.310 e. The van der Waals surface area contributed by atoms with E-state index in [-0.39, 0.29) is 43.1 Å². The number of esters is 1. The molecule has 2 aromatic heterocycles. The number of ether oxygens (including phenoxy) is 4. The average molecular weight is 516 g/mol. The molecule has 196 valence electrons. The molecule has 0 spiro atoms. The molecular formula is C28H29N5O5. The first-order chi connectivity index (χ1) is 18.4. The molecule has 2 heterocycles. The highest BCUT2D eigenvalue weighted by Crippen LogP contribution is 2.41. The first-order valence-electron chi connectivity index (χ1n) is 12.0. The number of carbonyl (C=O) groups is 1. The van der Waals surface area contributed by atoms with Gasteiger partial charge in [0.1, 0.15) is 13.2 Å². The van der Waals surface area contributed by atoms with Crippen molar-refractivity contribution < 1.29 is 23.7 Å². The van der Waals surface area contributed by atoms with Crippen LogP contribution in [0, 0.1) is 6.92 Å². The average Bonchev–Trinajstić information content (AvgIpc) is 2.92. The van der Waals surface area contributed by atoms with Gasteiger partial charge in [0.25, 0.3) is 5.88 Å². The van der Waals surface area contributed by atoms with Crippen molar-refractivity contribution in [2.45, 2.75) is 13.3 Å². The predicted molar refractivity (Wildman–Crippen MR) is 142 cm³/mol. The third-order valence-electron chi connectivity index (χ3n) is 5.30. The van der Waals surface area contributed by atoms with Crippen LogP contribution < -0.4 is 19.1 Å². The number of benzene rings is 2. The Morgan fingerprint density at radius 1 is 0.895 bits per heavy atom. The maximum atomic E-state index is 12.3. The van der Waals surface area contributed by atoms with E-state index in [9.17, 15) is 4.79 Å². The van der Waals surface area contributed by atoms with Crippen LogP contribution in [0.2, 0.25) is 0 Å². The number of hydrogen-bond donors (Lipinski definition) is 0. The van der Waals surface area contributed by atoms with Crippen LogP contribution in [0.25, 0.3) is 11.6 Å². The Hall–Kier alpha value is -4.73. The van der Waals surface area contributed by atoms with Crippen molar-refractivity contribution in [1.29, 1.82) is 0 Å². The van der Waals surface area contributed by atoms with Gasteiger partial charge in [-0.15, -0.1) is 0 Å². The van der Waals surface area contributed by atoms with Gasteiger partial charge in [-0.2, -0.15) is 4.98 Å². The van der Waals surface area contributed by atoms with Crippen LogP contribution in [0.5, 0.6) is 23.1 Å². The van der Waals surface area contributed by atoms with Gasteiger partial charge >= 0.3 is 5.97 Å². The lowest BCUT2D eigenvalue weighted by Gasteiger charge is -2.20. The summed E-state index contributed by atoms with van der Waals surface area (Å²) in [6.07, 6.45) is 3.39. The van der Waals surface area contributed by atoms with Crippen LogP contribution in [0.15, 0.2) is 67.0 Å². The molecule has 2 aromatic carbocycles. The number of carbonyl (C=O) groups excluding carboxylic acids is 1. The zero-order valence-corrected chi connectivity index (χ0v) is 21.7. The minimum Gasteiger partial charge on any atom is -0.493 e. The Morgan fingerprint density at radius 3 is 2.37 bits per heavy atom. The van der Waals surface area contributed by atoms with E-state index in [1.807, 2.05) is 57.4 Å². The summed E-state index contributed by atoms with van der Waals surface area (Å²) in [6.45, 7) is 2.05. The molecule has 38 heavy (non-hydrogen) atoms. The third kappa shape index (κ3) is 6.73.